The molecule has 0 aliphatic carbocycles. The monoisotopic (exact) mass is 275 g/mol. The van der Waals surface area contributed by atoms with Gasteiger partial charge in [0.05, 0.1) is 12.1 Å². The molecule has 0 aliphatic heterocycles. The Kier molecular flexibility index (Phi) is 4.92. The Morgan fingerprint density at radius 2 is 2.11 bits per heavy atom. The number of hydrogen-bond donors (Lipinski definition) is 2. The zero-order valence-corrected chi connectivity index (χ0v) is 11.7. The zero-order chi connectivity index (χ0) is 13.5. The lowest BCUT2D eigenvalue weighted by Crippen LogP contribution is -2.27. The summed E-state index contributed by atoms with van der Waals surface area (Å²) in [6.45, 7) is 0.624. The number of thiazole rings is 1. The summed E-state index contributed by atoms with van der Waals surface area (Å²) in [5.74, 6) is 0.0512. The van der Waals surface area contributed by atoms with Gasteiger partial charge in [-0.1, -0.05) is 30.3 Å². The molecule has 1 aromatic carbocycles. The van der Waals surface area contributed by atoms with E-state index in [1.165, 1.54) is 0 Å². The Morgan fingerprint density at radius 3 is 2.79 bits per heavy atom. The highest BCUT2D eigenvalue weighted by atomic mass is 32.1. The van der Waals surface area contributed by atoms with Gasteiger partial charge in [-0.25, -0.2) is 4.98 Å². The Morgan fingerprint density at radius 1 is 1.32 bits per heavy atom. The topological polar surface area (TPSA) is 54.0 Å². The van der Waals surface area contributed by atoms with Crippen LogP contribution in [0.2, 0.25) is 0 Å². The smallest absolute Gasteiger partial charge is 0.224 e. The molecule has 0 unspecified atom stereocenters. The van der Waals surface area contributed by atoms with E-state index in [4.69, 9.17) is 0 Å². The zero-order valence-electron chi connectivity index (χ0n) is 10.8. The molecule has 2 aromatic rings. The molecule has 0 radical (unpaired) electrons. The number of benzene rings is 1. The maximum absolute atomic E-state index is 11.7. The number of rotatable bonds is 6. The van der Waals surface area contributed by atoms with Gasteiger partial charge >= 0.3 is 0 Å². The van der Waals surface area contributed by atoms with E-state index in [1.54, 1.807) is 11.3 Å². The van der Waals surface area contributed by atoms with Crippen LogP contribution in [-0.2, 0) is 17.6 Å². The Balaban J connectivity index is 1.72. The fourth-order valence-corrected chi connectivity index (χ4v) is 2.42. The first-order valence-electron chi connectivity index (χ1n) is 6.20. The lowest BCUT2D eigenvalue weighted by molar-refractivity contribution is -0.120. The highest BCUT2D eigenvalue weighted by Gasteiger charge is 2.04. The number of amides is 1. The van der Waals surface area contributed by atoms with Crippen molar-refractivity contribution in [1.82, 2.24) is 10.3 Å². The van der Waals surface area contributed by atoms with Crippen molar-refractivity contribution in [3.05, 3.63) is 47.0 Å². The van der Waals surface area contributed by atoms with Gasteiger partial charge in [0.15, 0.2) is 5.13 Å². The fourth-order valence-electron chi connectivity index (χ4n) is 1.71. The minimum absolute atomic E-state index is 0.0512. The quantitative estimate of drug-likeness (QED) is 0.848. The summed E-state index contributed by atoms with van der Waals surface area (Å²) in [5.41, 5.74) is 2.04. The van der Waals surface area contributed by atoms with E-state index in [2.05, 4.69) is 15.6 Å². The molecule has 0 aliphatic rings. The van der Waals surface area contributed by atoms with Crippen LogP contribution in [0.5, 0.6) is 0 Å². The van der Waals surface area contributed by atoms with Crippen molar-refractivity contribution < 1.29 is 4.79 Å². The lowest BCUT2D eigenvalue weighted by Gasteiger charge is -2.04. The normalized spacial score (nSPS) is 10.2. The van der Waals surface area contributed by atoms with Crippen LogP contribution in [0.1, 0.15) is 11.3 Å². The fraction of sp³-hybridized carbons (Fsp3) is 0.286. The number of anilines is 1. The van der Waals surface area contributed by atoms with Gasteiger partial charge in [-0.2, -0.15) is 0 Å². The third-order valence-corrected chi connectivity index (χ3v) is 3.59. The average molecular weight is 275 g/mol. The van der Waals surface area contributed by atoms with Gasteiger partial charge in [0.25, 0.3) is 0 Å². The number of carbonyl (C=O) groups is 1. The molecule has 0 saturated carbocycles. The molecule has 0 bridgehead atoms. The SMILES string of the molecule is CNc1nc(CCNC(=O)Cc2ccccc2)cs1. The highest BCUT2D eigenvalue weighted by Crippen LogP contribution is 2.14. The van der Waals surface area contributed by atoms with Crippen LogP contribution >= 0.6 is 11.3 Å². The molecular formula is C14H17N3OS. The highest BCUT2D eigenvalue weighted by molar-refractivity contribution is 7.13. The number of nitrogens with one attached hydrogen (secondary N) is 2. The van der Waals surface area contributed by atoms with Crippen molar-refractivity contribution in [2.24, 2.45) is 0 Å². The van der Waals surface area contributed by atoms with Gasteiger partial charge < -0.3 is 10.6 Å². The Labute approximate surface area is 116 Å². The molecule has 100 valence electrons. The van der Waals surface area contributed by atoms with Crippen molar-refractivity contribution in [1.29, 1.82) is 0 Å². The van der Waals surface area contributed by atoms with E-state index in [0.717, 1.165) is 22.8 Å². The molecule has 0 saturated heterocycles. The average Bonchev–Trinajstić information content (AvgIpc) is 2.88. The third kappa shape index (κ3) is 4.37. The molecule has 1 amide bonds. The summed E-state index contributed by atoms with van der Waals surface area (Å²) in [6, 6.07) is 9.75. The largest absolute Gasteiger partial charge is 0.365 e. The molecule has 2 rings (SSSR count). The van der Waals surface area contributed by atoms with Crippen LogP contribution in [0.25, 0.3) is 0 Å². The molecule has 19 heavy (non-hydrogen) atoms. The van der Waals surface area contributed by atoms with Crippen molar-refractivity contribution in [3.63, 3.8) is 0 Å². The van der Waals surface area contributed by atoms with E-state index in [9.17, 15) is 4.79 Å². The Hall–Kier alpha value is -1.88. The summed E-state index contributed by atoms with van der Waals surface area (Å²) in [7, 11) is 1.85. The van der Waals surface area contributed by atoms with E-state index in [1.807, 2.05) is 42.8 Å². The lowest BCUT2D eigenvalue weighted by atomic mass is 10.1. The van der Waals surface area contributed by atoms with Crippen LogP contribution < -0.4 is 10.6 Å². The van der Waals surface area contributed by atoms with E-state index in [0.29, 0.717) is 13.0 Å². The van der Waals surface area contributed by atoms with Gasteiger partial charge in [-0.05, 0) is 5.56 Å². The minimum atomic E-state index is 0.0512. The van der Waals surface area contributed by atoms with Crippen LogP contribution in [0, 0.1) is 0 Å². The summed E-state index contributed by atoms with van der Waals surface area (Å²) in [4.78, 5) is 16.1. The van der Waals surface area contributed by atoms with Crippen LogP contribution in [0.15, 0.2) is 35.7 Å². The number of aromatic nitrogens is 1. The first kappa shape index (κ1) is 13.5. The van der Waals surface area contributed by atoms with Crippen molar-refractivity contribution in [2.45, 2.75) is 12.8 Å². The van der Waals surface area contributed by atoms with E-state index in [-0.39, 0.29) is 5.91 Å². The van der Waals surface area contributed by atoms with Crippen molar-refractivity contribution in [2.75, 3.05) is 18.9 Å². The predicted octanol–water partition coefficient (Wildman–Crippen LogP) is 2.09. The molecule has 0 atom stereocenters. The molecule has 4 nitrogen and oxygen atoms in total. The number of carbonyl (C=O) groups excluding carboxylic acids is 1. The molecule has 2 N–H and O–H groups in total. The molecule has 1 aromatic heterocycles. The standard InChI is InChI=1S/C14H17N3OS/c1-15-14-17-12(10-19-14)7-8-16-13(18)9-11-5-3-2-4-6-11/h2-6,10H,7-9H2,1H3,(H,15,17)(H,16,18). The second-order valence-corrected chi connectivity index (χ2v) is 5.01. The summed E-state index contributed by atoms with van der Waals surface area (Å²) >= 11 is 1.58. The molecular weight excluding hydrogens is 258 g/mol. The first-order chi connectivity index (χ1) is 9.28. The molecule has 0 fully saturated rings. The maximum atomic E-state index is 11.7. The Bertz CT molecular complexity index is 524. The van der Waals surface area contributed by atoms with E-state index >= 15 is 0 Å². The predicted molar refractivity (Wildman–Crippen MR) is 78.5 cm³/mol. The van der Waals surface area contributed by atoms with Crippen molar-refractivity contribution in [3.8, 4) is 0 Å². The molecule has 1 heterocycles. The second kappa shape index (κ2) is 6.89. The number of nitrogens with zero attached hydrogens (tertiary/aromatic N) is 1. The minimum Gasteiger partial charge on any atom is -0.365 e. The van der Waals surface area contributed by atoms with Crippen LogP contribution in [0.3, 0.4) is 0 Å². The van der Waals surface area contributed by atoms with Gasteiger partial charge in [0.1, 0.15) is 0 Å². The maximum Gasteiger partial charge on any atom is 0.224 e. The van der Waals surface area contributed by atoms with Crippen LogP contribution in [0.4, 0.5) is 5.13 Å². The molecule has 0 spiro atoms. The van der Waals surface area contributed by atoms with Gasteiger partial charge in [-0.15, -0.1) is 11.3 Å². The second-order valence-electron chi connectivity index (χ2n) is 4.16. The first-order valence-corrected chi connectivity index (χ1v) is 7.08. The van der Waals surface area contributed by atoms with Gasteiger partial charge in [0, 0.05) is 25.4 Å². The van der Waals surface area contributed by atoms with Gasteiger partial charge in [-0.3, -0.25) is 4.79 Å². The summed E-state index contributed by atoms with van der Waals surface area (Å²) in [6.07, 6.45) is 1.19. The van der Waals surface area contributed by atoms with Crippen LogP contribution in [-0.4, -0.2) is 24.5 Å². The third-order valence-electron chi connectivity index (χ3n) is 2.68. The summed E-state index contributed by atoms with van der Waals surface area (Å²) in [5, 5.41) is 8.83. The summed E-state index contributed by atoms with van der Waals surface area (Å²) < 4.78 is 0. The van der Waals surface area contributed by atoms with E-state index < -0.39 is 0 Å². The van der Waals surface area contributed by atoms with Crippen molar-refractivity contribution >= 4 is 22.4 Å². The van der Waals surface area contributed by atoms with Gasteiger partial charge in [0.2, 0.25) is 5.91 Å². The molecule has 5 heteroatoms. The number of hydrogen-bond acceptors (Lipinski definition) is 4.